The Morgan fingerprint density at radius 1 is 1.07 bits per heavy atom. The molecule has 0 radical (unpaired) electrons. The lowest BCUT2D eigenvalue weighted by Crippen LogP contribution is -2.37. The van der Waals surface area contributed by atoms with Crippen molar-refractivity contribution < 1.29 is 18.0 Å². The van der Waals surface area contributed by atoms with Crippen LogP contribution in [0.2, 0.25) is 0 Å². The van der Waals surface area contributed by atoms with Gasteiger partial charge in [-0.05, 0) is 35.7 Å². The fraction of sp³-hybridized carbons (Fsp3) is 0.250. The van der Waals surface area contributed by atoms with E-state index in [1.165, 1.54) is 13.2 Å². The van der Waals surface area contributed by atoms with E-state index in [-0.39, 0.29) is 11.5 Å². The summed E-state index contributed by atoms with van der Waals surface area (Å²) >= 11 is 0. The molecular formula is C20H17F3N4O. The molecule has 4 rings (SSSR count). The highest BCUT2D eigenvalue weighted by atomic mass is 19.4. The number of alkyl halides is 3. The molecule has 144 valence electrons. The third kappa shape index (κ3) is 3.26. The maximum absolute atomic E-state index is 13.4. The first kappa shape index (κ1) is 18.2. The Balaban J connectivity index is 1.72. The molecule has 0 unspecified atom stereocenters. The molecule has 8 heteroatoms. The number of carbonyl (C=O) groups is 1. The summed E-state index contributed by atoms with van der Waals surface area (Å²) in [6, 6.07) is 10.4. The number of hydrogen-bond acceptors (Lipinski definition) is 3. The molecule has 3 heterocycles. The molecule has 0 aliphatic carbocycles. The van der Waals surface area contributed by atoms with Crippen molar-refractivity contribution in [3.63, 3.8) is 0 Å². The van der Waals surface area contributed by atoms with Crippen LogP contribution in [0.5, 0.6) is 0 Å². The number of aryl methyl sites for hydroxylation is 1. The Kier molecular flexibility index (Phi) is 4.41. The van der Waals surface area contributed by atoms with Gasteiger partial charge in [0.25, 0.3) is 5.91 Å². The van der Waals surface area contributed by atoms with Crippen molar-refractivity contribution in [3.8, 4) is 11.1 Å². The predicted molar refractivity (Wildman–Crippen MR) is 96.3 cm³/mol. The highest BCUT2D eigenvalue weighted by molar-refractivity contribution is 5.98. The summed E-state index contributed by atoms with van der Waals surface area (Å²) in [5.74, 6) is -0.203. The van der Waals surface area contributed by atoms with Crippen LogP contribution in [0.15, 0.2) is 48.8 Å². The van der Waals surface area contributed by atoms with Crippen LogP contribution in [0.1, 0.15) is 27.3 Å². The smallest absolute Gasteiger partial charge is 0.332 e. The van der Waals surface area contributed by atoms with Crippen LogP contribution in [-0.4, -0.2) is 32.1 Å². The van der Waals surface area contributed by atoms with E-state index in [4.69, 9.17) is 0 Å². The third-order valence-electron chi connectivity index (χ3n) is 4.79. The number of pyridine rings is 1. The lowest BCUT2D eigenvalue weighted by atomic mass is 9.90. The summed E-state index contributed by atoms with van der Waals surface area (Å²) in [6.07, 6.45) is -1.08. The molecule has 0 spiro atoms. The Morgan fingerprint density at radius 2 is 1.86 bits per heavy atom. The lowest BCUT2D eigenvalue weighted by Gasteiger charge is -2.29. The number of nitrogens with zero attached hydrogens (tertiary/aromatic N) is 4. The summed E-state index contributed by atoms with van der Waals surface area (Å²) in [5, 5.41) is 3.59. The first-order valence-corrected chi connectivity index (χ1v) is 8.77. The van der Waals surface area contributed by atoms with Crippen LogP contribution in [0.4, 0.5) is 13.2 Å². The lowest BCUT2D eigenvalue weighted by molar-refractivity contribution is -0.140. The van der Waals surface area contributed by atoms with E-state index in [1.54, 1.807) is 35.4 Å². The van der Waals surface area contributed by atoms with Gasteiger partial charge in [0, 0.05) is 37.1 Å². The summed E-state index contributed by atoms with van der Waals surface area (Å²) in [6.45, 7) is 0.783. The van der Waals surface area contributed by atoms with E-state index in [9.17, 15) is 18.0 Å². The molecule has 2 aromatic heterocycles. The van der Waals surface area contributed by atoms with E-state index < -0.39 is 11.9 Å². The maximum atomic E-state index is 13.4. The molecule has 1 aliphatic rings. The Labute approximate surface area is 159 Å². The minimum absolute atomic E-state index is 0.00201. The van der Waals surface area contributed by atoms with Gasteiger partial charge in [-0.25, -0.2) is 0 Å². The second-order valence-corrected chi connectivity index (χ2v) is 6.69. The van der Waals surface area contributed by atoms with Gasteiger partial charge >= 0.3 is 6.18 Å². The molecule has 1 amide bonds. The topological polar surface area (TPSA) is 51.0 Å². The minimum Gasteiger partial charge on any atom is -0.332 e. The third-order valence-corrected chi connectivity index (χ3v) is 4.79. The minimum atomic E-state index is -4.57. The summed E-state index contributed by atoms with van der Waals surface area (Å²) < 4.78 is 41.4. The number of halogens is 3. The summed E-state index contributed by atoms with van der Waals surface area (Å²) in [4.78, 5) is 18.9. The van der Waals surface area contributed by atoms with E-state index >= 15 is 0 Å². The van der Waals surface area contributed by atoms with Crippen LogP contribution in [-0.2, 0) is 26.2 Å². The second kappa shape index (κ2) is 6.78. The van der Waals surface area contributed by atoms with Crippen LogP contribution >= 0.6 is 0 Å². The Morgan fingerprint density at radius 3 is 2.57 bits per heavy atom. The zero-order valence-electron chi connectivity index (χ0n) is 15.1. The van der Waals surface area contributed by atoms with Gasteiger partial charge in [-0.2, -0.15) is 18.3 Å². The van der Waals surface area contributed by atoms with E-state index in [1.807, 2.05) is 12.1 Å². The largest absolute Gasteiger partial charge is 0.435 e. The van der Waals surface area contributed by atoms with Crippen molar-refractivity contribution in [2.45, 2.75) is 19.1 Å². The van der Waals surface area contributed by atoms with E-state index in [2.05, 4.69) is 10.1 Å². The molecule has 1 aliphatic heterocycles. The average Bonchev–Trinajstić information content (AvgIpc) is 3.07. The van der Waals surface area contributed by atoms with Crippen molar-refractivity contribution in [2.24, 2.45) is 7.05 Å². The van der Waals surface area contributed by atoms with Crippen molar-refractivity contribution >= 4 is 5.91 Å². The Hall–Kier alpha value is -3.16. The zero-order valence-corrected chi connectivity index (χ0v) is 15.1. The predicted octanol–water partition coefficient (Wildman–Crippen LogP) is 3.70. The number of fused-ring (bicyclic) bond motifs is 1. The molecule has 0 fully saturated rings. The molecule has 1 aromatic carbocycles. The van der Waals surface area contributed by atoms with Gasteiger partial charge in [0.05, 0.1) is 12.2 Å². The fourth-order valence-corrected chi connectivity index (χ4v) is 3.56. The van der Waals surface area contributed by atoms with Gasteiger partial charge in [-0.3, -0.25) is 14.5 Å². The maximum Gasteiger partial charge on any atom is 0.435 e. The van der Waals surface area contributed by atoms with Crippen molar-refractivity contribution in [1.82, 2.24) is 19.7 Å². The molecular weight excluding hydrogens is 369 g/mol. The number of aromatic nitrogens is 3. The first-order chi connectivity index (χ1) is 13.3. The normalized spacial score (nSPS) is 14.3. The van der Waals surface area contributed by atoms with Gasteiger partial charge < -0.3 is 4.90 Å². The first-order valence-electron chi connectivity index (χ1n) is 8.77. The monoisotopic (exact) mass is 386 g/mol. The molecule has 0 saturated heterocycles. The number of carbonyl (C=O) groups excluding carboxylic acids is 1. The van der Waals surface area contributed by atoms with Crippen LogP contribution in [0.3, 0.4) is 0 Å². The van der Waals surface area contributed by atoms with Crippen LogP contribution < -0.4 is 0 Å². The molecule has 0 atom stereocenters. The molecule has 3 aromatic rings. The van der Waals surface area contributed by atoms with Gasteiger partial charge in [0.1, 0.15) is 0 Å². The standard InChI is InChI=1S/C20H17F3N4O/c1-26-12-17(18(25-26)20(21,22)23)14-6-4-7-16-15(14)8-10-27(19(16)28)11-13-5-2-3-9-24-13/h2-7,9,12H,8,10-11H2,1H3. The summed E-state index contributed by atoms with van der Waals surface area (Å²) in [5.41, 5.74) is 1.29. The molecule has 0 saturated carbocycles. The molecule has 5 nitrogen and oxygen atoms in total. The van der Waals surface area contributed by atoms with Crippen LogP contribution in [0, 0.1) is 0 Å². The fourth-order valence-electron chi connectivity index (χ4n) is 3.56. The summed E-state index contributed by atoms with van der Waals surface area (Å²) in [7, 11) is 1.45. The van der Waals surface area contributed by atoms with Gasteiger partial charge in [-0.1, -0.05) is 18.2 Å². The number of amides is 1. The van der Waals surface area contributed by atoms with E-state index in [0.29, 0.717) is 36.2 Å². The SMILES string of the molecule is Cn1cc(-c2cccc3c2CCN(Cc2ccccn2)C3=O)c(C(F)(F)F)n1. The number of rotatable bonds is 3. The number of benzene rings is 1. The highest BCUT2D eigenvalue weighted by Crippen LogP contribution is 2.39. The Bertz CT molecular complexity index is 1030. The van der Waals surface area contributed by atoms with Gasteiger partial charge in [0.15, 0.2) is 5.69 Å². The molecule has 0 bridgehead atoms. The second-order valence-electron chi connectivity index (χ2n) is 6.69. The van der Waals surface area contributed by atoms with Crippen molar-refractivity contribution in [3.05, 3.63) is 71.3 Å². The number of hydrogen-bond donors (Lipinski definition) is 0. The average molecular weight is 386 g/mol. The van der Waals surface area contributed by atoms with Crippen molar-refractivity contribution in [2.75, 3.05) is 6.54 Å². The van der Waals surface area contributed by atoms with Crippen molar-refractivity contribution in [1.29, 1.82) is 0 Å². The molecule has 28 heavy (non-hydrogen) atoms. The van der Waals surface area contributed by atoms with Gasteiger partial charge in [-0.15, -0.1) is 0 Å². The van der Waals surface area contributed by atoms with Gasteiger partial charge in [0.2, 0.25) is 0 Å². The highest BCUT2D eigenvalue weighted by Gasteiger charge is 2.38. The quantitative estimate of drug-likeness (QED) is 0.690. The zero-order chi connectivity index (χ0) is 19.9. The molecule has 0 N–H and O–H groups in total. The van der Waals surface area contributed by atoms with E-state index in [0.717, 1.165) is 10.4 Å². The van der Waals surface area contributed by atoms with Crippen LogP contribution in [0.25, 0.3) is 11.1 Å².